The molecule has 2 rings (SSSR count). The fraction of sp³-hybridized carbons (Fsp3) is 0.125. The molecule has 0 saturated heterocycles. The van der Waals surface area contributed by atoms with E-state index in [0.717, 1.165) is 13.2 Å². The molecule has 9 heteroatoms. The van der Waals surface area contributed by atoms with Gasteiger partial charge in [-0.3, -0.25) is 4.72 Å². The summed E-state index contributed by atoms with van der Waals surface area (Å²) in [5.41, 5.74) is 0.161. The third kappa shape index (κ3) is 4.28. The largest absolute Gasteiger partial charge is 0.465 e. The molecule has 132 valence electrons. The molecule has 0 aliphatic carbocycles. The summed E-state index contributed by atoms with van der Waals surface area (Å²) in [6, 6.07) is 10.3. The second-order valence-corrected chi connectivity index (χ2v) is 7.59. The second kappa shape index (κ2) is 7.83. The number of hydrogen-bond donors (Lipinski definition) is 1. The maximum atomic E-state index is 12.8. The number of sulfonamides is 1. The lowest BCUT2D eigenvalue weighted by Crippen LogP contribution is -2.19. The molecule has 0 radical (unpaired) electrons. The van der Waals surface area contributed by atoms with Crippen molar-refractivity contribution in [2.24, 2.45) is 0 Å². The van der Waals surface area contributed by atoms with Crippen LogP contribution in [-0.2, 0) is 19.5 Å². The van der Waals surface area contributed by atoms with Crippen LogP contribution in [-0.4, -0.2) is 34.6 Å². The number of rotatable bonds is 5. The van der Waals surface area contributed by atoms with Crippen LogP contribution >= 0.6 is 22.6 Å². The highest BCUT2D eigenvalue weighted by atomic mass is 127. The van der Waals surface area contributed by atoms with Gasteiger partial charge < -0.3 is 9.47 Å². The van der Waals surface area contributed by atoms with Gasteiger partial charge in [-0.1, -0.05) is 12.1 Å². The first kappa shape index (κ1) is 19.2. The Bertz CT molecular complexity index is 926. The Hall–Kier alpha value is -2.14. The van der Waals surface area contributed by atoms with Gasteiger partial charge in [-0.2, -0.15) is 0 Å². The summed E-state index contributed by atoms with van der Waals surface area (Å²) in [6.45, 7) is 0. The molecule has 0 bridgehead atoms. The summed E-state index contributed by atoms with van der Waals surface area (Å²) in [6.07, 6.45) is 0. The number of nitrogens with one attached hydrogen (secondary N) is 1. The average Bonchev–Trinajstić information content (AvgIpc) is 2.61. The number of hydrogen-bond acceptors (Lipinski definition) is 6. The first-order chi connectivity index (χ1) is 11.8. The standard InChI is InChI=1S/C16H14INO6S/c1-23-15(19)10-7-8-11(16(20)24-2)14(9-10)25(21,22)18-13-6-4-3-5-12(13)17/h3-9,18H,1-2H3. The number of benzene rings is 2. The van der Waals surface area contributed by atoms with Crippen molar-refractivity contribution in [1.29, 1.82) is 0 Å². The van der Waals surface area contributed by atoms with Crippen LogP contribution < -0.4 is 4.72 Å². The molecule has 25 heavy (non-hydrogen) atoms. The SMILES string of the molecule is COC(=O)c1ccc(C(=O)OC)c(S(=O)(=O)Nc2ccccc2I)c1. The molecule has 0 atom stereocenters. The van der Waals surface area contributed by atoms with Crippen molar-refractivity contribution in [3.63, 3.8) is 0 Å². The molecule has 2 aromatic rings. The van der Waals surface area contributed by atoms with Gasteiger partial charge in [-0.15, -0.1) is 0 Å². The minimum absolute atomic E-state index is 0.00159. The molecular weight excluding hydrogens is 461 g/mol. The minimum atomic E-state index is -4.15. The Balaban J connectivity index is 2.58. The fourth-order valence-electron chi connectivity index (χ4n) is 2.01. The second-order valence-electron chi connectivity index (χ2n) is 4.78. The lowest BCUT2D eigenvalue weighted by molar-refractivity contribution is 0.0583. The summed E-state index contributed by atoms with van der Waals surface area (Å²) in [5.74, 6) is -1.55. The maximum Gasteiger partial charge on any atom is 0.339 e. The molecule has 0 aromatic heterocycles. The van der Waals surface area contributed by atoms with E-state index in [0.29, 0.717) is 9.26 Å². The van der Waals surface area contributed by atoms with E-state index in [2.05, 4.69) is 14.2 Å². The van der Waals surface area contributed by atoms with E-state index in [-0.39, 0.29) is 16.0 Å². The van der Waals surface area contributed by atoms with Gasteiger partial charge in [-0.05, 0) is 52.9 Å². The van der Waals surface area contributed by atoms with Crippen molar-refractivity contribution >= 4 is 50.2 Å². The van der Waals surface area contributed by atoms with E-state index in [4.69, 9.17) is 0 Å². The number of methoxy groups -OCH3 is 2. The summed E-state index contributed by atoms with van der Waals surface area (Å²) in [7, 11) is -1.83. The first-order valence-electron chi connectivity index (χ1n) is 6.88. The molecule has 0 fully saturated rings. The van der Waals surface area contributed by atoms with Gasteiger partial charge in [-0.25, -0.2) is 18.0 Å². The molecule has 0 aliphatic heterocycles. The van der Waals surface area contributed by atoms with Gasteiger partial charge in [0.15, 0.2) is 0 Å². The highest BCUT2D eigenvalue weighted by Crippen LogP contribution is 2.25. The molecule has 0 amide bonds. The maximum absolute atomic E-state index is 12.8. The van der Waals surface area contributed by atoms with Crippen molar-refractivity contribution < 1.29 is 27.5 Å². The number of anilines is 1. The minimum Gasteiger partial charge on any atom is -0.465 e. The predicted octanol–water partition coefficient (Wildman–Crippen LogP) is 2.67. The van der Waals surface area contributed by atoms with Crippen molar-refractivity contribution in [1.82, 2.24) is 0 Å². The highest BCUT2D eigenvalue weighted by Gasteiger charge is 2.25. The average molecular weight is 475 g/mol. The number of esters is 2. The third-order valence-electron chi connectivity index (χ3n) is 3.22. The number of halogens is 1. The lowest BCUT2D eigenvalue weighted by atomic mass is 10.1. The quantitative estimate of drug-likeness (QED) is 0.528. The van der Waals surface area contributed by atoms with Crippen LogP contribution in [0.5, 0.6) is 0 Å². The van der Waals surface area contributed by atoms with Gasteiger partial charge in [0.1, 0.15) is 4.90 Å². The normalized spacial score (nSPS) is 10.8. The number of ether oxygens (including phenoxy) is 2. The number of carbonyl (C=O) groups excluding carboxylic acids is 2. The highest BCUT2D eigenvalue weighted by molar-refractivity contribution is 14.1. The monoisotopic (exact) mass is 475 g/mol. The molecule has 0 aliphatic rings. The Morgan fingerprint density at radius 1 is 1.00 bits per heavy atom. The van der Waals surface area contributed by atoms with Gasteiger partial charge in [0, 0.05) is 3.57 Å². The van der Waals surface area contributed by atoms with Crippen LogP contribution in [0.1, 0.15) is 20.7 Å². The molecular formula is C16H14INO6S. The molecule has 0 saturated carbocycles. The molecule has 1 N–H and O–H groups in total. The number of carbonyl (C=O) groups is 2. The van der Waals surface area contributed by atoms with Crippen molar-refractivity contribution in [3.8, 4) is 0 Å². The molecule has 0 heterocycles. The zero-order valence-electron chi connectivity index (χ0n) is 13.3. The van der Waals surface area contributed by atoms with E-state index >= 15 is 0 Å². The Morgan fingerprint density at radius 2 is 1.64 bits per heavy atom. The third-order valence-corrected chi connectivity index (χ3v) is 5.56. The van der Waals surface area contributed by atoms with Crippen LogP contribution in [0.3, 0.4) is 0 Å². The van der Waals surface area contributed by atoms with Crippen molar-refractivity contribution in [3.05, 3.63) is 57.2 Å². The first-order valence-corrected chi connectivity index (χ1v) is 9.44. The fourth-order valence-corrected chi connectivity index (χ4v) is 4.02. The van der Waals surface area contributed by atoms with Crippen LogP contribution in [0.4, 0.5) is 5.69 Å². The predicted molar refractivity (Wildman–Crippen MR) is 99.1 cm³/mol. The molecule has 7 nitrogen and oxygen atoms in total. The Labute approximate surface area is 158 Å². The van der Waals surface area contributed by atoms with Gasteiger partial charge in [0.05, 0.1) is 31.0 Å². The summed E-state index contributed by atoms with van der Waals surface area (Å²) in [4.78, 5) is 23.2. The zero-order valence-corrected chi connectivity index (χ0v) is 16.3. The van der Waals surface area contributed by atoms with Crippen LogP contribution in [0.25, 0.3) is 0 Å². The van der Waals surface area contributed by atoms with Crippen LogP contribution in [0, 0.1) is 3.57 Å². The van der Waals surface area contributed by atoms with E-state index in [9.17, 15) is 18.0 Å². The van der Waals surface area contributed by atoms with Gasteiger partial charge >= 0.3 is 11.9 Å². The lowest BCUT2D eigenvalue weighted by Gasteiger charge is -2.13. The molecule has 0 unspecified atom stereocenters. The summed E-state index contributed by atoms with van der Waals surface area (Å²) >= 11 is 1.98. The van der Waals surface area contributed by atoms with Crippen LogP contribution in [0.15, 0.2) is 47.4 Å². The summed E-state index contributed by atoms with van der Waals surface area (Å²) in [5, 5.41) is 0. The number of para-hydroxylation sites is 1. The molecule has 2 aromatic carbocycles. The molecule has 0 spiro atoms. The van der Waals surface area contributed by atoms with Gasteiger partial charge in [0.2, 0.25) is 0 Å². The van der Waals surface area contributed by atoms with E-state index in [1.54, 1.807) is 24.3 Å². The Morgan fingerprint density at radius 3 is 2.24 bits per heavy atom. The van der Waals surface area contributed by atoms with Crippen LogP contribution in [0.2, 0.25) is 0 Å². The topological polar surface area (TPSA) is 98.8 Å². The van der Waals surface area contributed by atoms with Gasteiger partial charge in [0.25, 0.3) is 10.0 Å². The summed E-state index contributed by atoms with van der Waals surface area (Å²) < 4.78 is 37.9. The van der Waals surface area contributed by atoms with Crippen molar-refractivity contribution in [2.75, 3.05) is 18.9 Å². The smallest absolute Gasteiger partial charge is 0.339 e. The van der Waals surface area contributed by atoms with Crippen molar-refractivity contribution in [2.45, 2.75) is 4.90 Å². The van der Waals surface area contributed by atoms with E-state index in [1.807, 2.05) is 22.6 Å². The zero-order chi connectivity index (χ0) is 18.6. The van der Waals surface area contributed by atoms with E-state index < -0.39 is 22.0 Å². The Kier molecular flexibility index (Phi) is 6.01. The van der Waals surface area contributed by atoms with E-state index in [1.165, 1.54) is 19.2 Å².